The van der Waals surface area contributed by atoms with Crippen LogP contribution < -0.4 is 24.3 Å². The van der Waals surface area contributed by atoms with Crippen LogP contribution in [0.3, 0.4) is 0 Å². The van der Waals surface area contributed by atoms with Crippen molar-refractivity contribution >= 4 is 29.6 Å². The topological polar surface area (TPSA) is 156 Å². The number of thioether (sulfide) groups is 1. The van der Waals surface area contributed by atoms with Crippen LogP contribution in [-0.2, 0) is 25.5 Å². The van der Waals surface area contributed by atoms with E-state index in [1.54, 1.807) is 0 Å². The second-order valence-electron chi connectivity index (χ2n) is 13.1. The molecule has 4 bridgehead atoms. The summed E-state index contributed by atoms with van der Waals surface area (Å²) < 4.78 is 29.6. The Kier molecular flexibility index (Phi) is 8.41. The fraction of sp³-hybridized carbons (Fsp3) is 0.559. The molecule has 0 aromatic heterocycles. The van der Waals surface area contributed by atoms with Gasteiger partial charge < -0.3 is 39.2 Å². The highest BCUT2D eigenvalue weighted by atomic mass is 32.2. The average molecular weight is 684 g/mol. The van der Waals surface area contributed by atoms with Crippen molar-refractivity contribution in [3.8, 4) is 28.7 Å². The van der Waals surface area contributed by atoms with Gasteiger partial charge in [-0.15, -0.1) is 11.8 Å². The summed E-state index contributed by atoms with van der Waals surface area (Å²) in [6, 6.07) is -1.07. The summed E-state index contributed by atoms with van der Waals surface area (Å²) in [7, 11) is 3.46. The maximum absolute atomic E-state index is 13.5. The molecule has 6 aliphatic rings. The molecule has 14 heteroatoms. The zero-order chi connectivity index (χ0) is 34.2. The Balaban J connectivity index is 1.49. The number of nitrogens with one attached hydrogen (secondary N) is 1. The van der Waals surface area contributed by atoms with Gasteiger partial charge in [0.2, 0.25) is 12.7 Å². The SMILES string of the molecule is CCCC(=O)N[C@H]1CS[C@@H]2c3c(OC(C)=O)c(C)c4c(c3[C@H](COC1=O)N1C2[C@H]2c3c(cc(C)c(OC)c3O)C[C@@H]([C@@H]1O)N2C)OCO4. The van der Waals surface area contributed by atoms with Gasteiger partial charge in [0.25, 0.3) is 0 Å². The molecule has 258 valence electrons. The van der Waals surface area contributed by atoms with E-state index in [0.29, 0.717) is 58.1 Å². The second-order valence-corrected chi connectivity index (χ2v) is 14.3. The van der Waals surface area contributed by atoms with Gasteiger partial charge in [0.1, 0.15) is 24.6 Å². The van der Waals surface area contributed by atoms with Crippen LogP contribution in [-0.4, -0.2) is 95.5 Å². The summed E-state index contributed by atoms with van der Waals surface area (Å²) in [5.74, 6) is 0.395. The first kappa shape index (κ1) is 32.8. The first-order valence-corrected chi connectivity index (χ1v) is 17.3. The largest absolute Gasteiger partial charge is 0.504 e. The van der Waals surface area contributed by atoms with Gasteiger partial charge in [0, 0.05) is 47.4 Å². The molecule has 2 aromatic rings. The molecule has 6 heterocycles. The Morgan fingerprint density at radius 1 is 1.12 bits per heavy atom. The number of aromatic hydroxyl groups is 1. The quantitative estimate of drug-likeness (QED) is 0.313. The van der Waals surface area contributed by atoms with Gasteiger partial charge in [0.15, 0.2) is 23.0 Å². The van der Waals surface area contributed by atoms with Gasteiger partial charge in [-0.2, -0.15) is 0 Å². The molecule has 0 spiro atoms. The predicted molar refractivity (Wildman–Crippen MR) is 173 cm³/mol. The molecule has 1 amide bonds. The Hall–Kier alpha value is -3.72. The van der Waals surface area contributed by atoms with Crippen LogP contribution in [0.5, 0.6) is 28.7 Å². The van der Waals surface area contributed by atoms with E-state index in [1.807, 2.05) is 38.8 Å². The number of rotatable bonds is 5. The maximum atomic E-state index is 13.5. The van der Waals surface area contributed by atoms with Crippen LogP contribution in [0, 0.1) is 13.8 Å². The third kappa shape index (κ3) is 4.90. The van der Waals surface area contributed by atoms with Crippen LogP contribution in [0.15, 0.2) is 6.07 Å². The molecule has 2 saturated heterocycles. The van der Waals surface area contributed by atoms with Crippen LogP contribution in [0.2, 0.25) is 0 Å². The molecular weight excluding hydrogens is 642 g/mol. The number of benzene rings is 2. The normalized spacial score (nSPS) is 28.9. The lowest BCUT2D eigenvalue weighted by Crippen LogP contribution is -2.69. The minimum Gasteiger partial charge on any atom is -0.504 e. The molecule has 6 aliphatic heterocycles. The molecule has 1 unspecified atom stereocenters. The number of likely N-dealkylation sites (N-methyl/N-ethyl adjacent to an activating group) is 1. The molecular formula is C34H41N3O10S. The van der Waals surface area contributed by atoms with Gasteiger partial charge in [-0.05, 0) is 44.9 Å². The van der Waals surface area contributed by atoms with E-state index < -0.39 is 47.6 Å². The first-order valence-electron chi connectivity index (χ1n) is 16.3. The molecule has 0 radical (unpaired) electrons. The monoisotopic (exact) mass is 683 g/mol. The van der Waals surface area contributed by atoms with Crippen LogP contribution in [0.4, 0.5) is 0 Å². The predicted octanol–water partition coefficient (Wildman–Crippen LogP) is 2.94. The molecule has 13 nitrogen and oxygen atoms in total. The number of aliphatic hydroxyl groups excluding tert-OH is 1. The number of phenolic OH excluding ortho intramolecular Hbond substituents is 1. The van der Waals surface area contributed by atoms with Gasteiger partial charge in [-0.25, -0.2) is 4.79 Å². The van der Waals surface area contributed by atoms with Gasteiger partial charge >= 0.3 is 11.9 Å². The van der Waals surface area contributed by atoms with E-state index in [2.05, 4.69) is 10.2 Å². The van der Waals surface area contributed by atoms with Crippen molar-refractivity contribution in [1.29, 1.82) is 0 Å². The number of esters is 2. The maximum Gasteiger partial charge on any atom is 0.329 e. The third-order valence-electron chi connectivity index (χ3n) is 10.3. The summed E-state index contributed by atoms with van der Waals surface area (Å²) in [5.41, 5.74) is 4.26. The number of phenols is 1. The molecule has 2 fully saturated rings. The van der Waals surface area contributed by atoms with Crippen molar-refractivity contribution < 1.29 is 48.3 Å². The Labute approximate surface area is 282 Å². The number of amides is 1. The molecule has 0 aliphatic carbocycles. The molecule has 8 rings (SSSR count). The van der Waals surface area contributed by atoms with Gasteiger partial charge in [-0.1, -0.05) is 13.0 Å². The second kappa shape index (κ2) is 12.3. The average Bonchev–Trinajstić information content (AvgIpc) is 3.53. The zero-order valence-electron chi connectivity index (χ0n) is 27.8. The van der Waals surface area contributed by atoms with E-state index in [1.165, 1.54) is 25.8 Å². The number of carbonyl (C=O) groups excluding carboxylic acids is 3. The van der Waals surface area contributed by atoms with Crippen LogP contribution >= 0.6 is 11.8 Å². The van der Waals surface area contributed by atoms with E-state index in [9.17, 15) is 24.6 Å². The first-order chi connectivity index (χ1) is 23.0. The number of piperazine rings is 1. The van der Waals surface area contributed by atoms with Gasteiger partial charge in [-0.3, -0.25) is 19.4 Å². The summed E-state index contributed by atoms with van der Waals surface area (Å²) in [6.45, 7) is 6.67. The fourth-order valence-electron chi connectivity index (χ4n) is 8.37. The minimum absolute atomic E-state index is 0.0375. The molecule has 0 saturated carbocycles. The van der Waals surface area contributed by atoms with E-state index in [0.717, 1.165) is 11.1 Å². The number of hydrogen-bond acceptors (Lipinski definition) is 13. The highest BCUT2D eigenvalue weighted by molar-refractivity contribution is 7.99. The lowest BCUT2D eigenvalue weighted by Gasteiger charge is -2.62. The Morgan fingerprint density at radius 3 is 2.58 bits per heavy atom. The van der Waals surface area contributed by atoms with Crippen molar-refractivity contribution in [2.75, 3.05) is 33.3 Å². The van der Waals surface area contributed by atoms with Crippen molar-refractivity contribution in [3.63, 3.8) is 0 Å². The fourth-order valence-corrected chi connectivity index (χ4v) is 9.88. The standard InChI is InChI=1S/C34H41N3O10S/c1-7-8-21(39)35-18-12-48-32-24-23(31-30(45-13-46-31)15(3)29(24)47-16(4)38)20(11-44-34(18)42)37-26(32)25-22-17(10-19(33(37)41)36(25)5)9-14(2)28(43-6)27(22)40/h9,18-20,25-26,32-33,40-41H,7-8,10-13H2,1-6H3,(H,35,39)/t18-,19-,20-,25+,26?,32+,33-/m0/s1. The highest BCUT2D eigenvalue weighted by Crippen LogP contribution is 2.63. The Morgan fingerprint density at radius 2 is 1.88 bits per heavy atom. The molecule has 3 N–H and O–H groups in total. The van der Waals surface area contributed by atoms with E-state index in [4.69, 9.17) is 23.7 Å². The molecule has 48 heavy (non-hydrogen) atoms. The summed E-state index contributed by atoms with van der Waals surface area (Å²) in [4.78, 5) is 43.0. The number of ether oxygens (including phenoxy) is 5. The number of carbonyl (C=O) groups is 3. The number of aliphatic hydroxyl groups is 1. The smallest absolute Gasteiger partial charge is 0.329 e. The summed E-state index contributed by atoms with van der Waals surface area (Å²) in [5, 5.41) is 26.4. The Bertz CT molecular complexity index is 1700. The number of fused-ring (bicyclic) bond motifs is 10. The molecule has 7 atom stereocenters. The van der Waals surface area contributed by atoms with Crippen molar-refractivity contribution in [3.05, 3.63) is 39.4 Å². The van der Waals surface area contributed by atoms with Crippen molar-refractivity contribution in [1.82, 2.24) is 15.1 Å². The number of nitrogens with zero attached hydrogens (tertiary/aromatic N) is 2. The lowest BCUT2D eigenvalue weighted by molar-refractivity contribution is -0.184. The van der Waals surface area contributed by atoms with Crippen molar-refractivity contribution in [2.45, 2.75) is 88.6 Å². The van der Waals surface area contributed by atoms with Crippen LogP contribution in [0.25, 0.3) is 0 Å². The summed E-state index contributed by atoms with van der Waals surface area (Å²) in [6.07, 6.45) is 0.312. The van der Waals surface area contributed by atoms with Crippen LogP contribution in [0.1, 0.15) is 77.4 Å². The lowest BCUT2D eigenvalue weighted by atomic mass is 9.73. The summed E-state index contributed by atoms with van der Waals surface area (Å²) >= 11 is 1.40. The number of hydrogen-bond donors (Lipinski definition) is 3. The number of aryl methyl sites for hydroxylation is 1. The van der Waals surface area contributed by atoms with Gasteiger partial charge in [0.05, 0.1) is 30.5 Å². The van der Waals surface area contributed by atoms with E-state index >= 15 is 0 Å². The number of methoxy groups -OCH3 is 1. The van der Waals surface area contributed by atoms with Crippen molar-refractivity contribution in [2.24, 2.45) is 0 Å². The minimum atomic E-state index is -1.02. The zero-order valence-corrected chi connectivity index (χ0v) is 28.6. The highest BCUT2D eigenvalue weighted by Gasteiger charge is 2.60. The third-order valence-corrected chi connectivity index (χ3v) is 11.7. The molecule has 2 aromatic carbocycles. The van der Waals surface area contributed by atoms with E-state index in [-0.39, 0.29) is 43.3 Å².